The van der Waals surface area contributed by atoms with Gasteiger partial charge in [0.2, 0.25) is 5.91 Å². The minimum Gasteiger partial charge on any atom is -0.465 e. The standard InChI is InChI=1S/C14H17FN2O3/c1-20-14(19)11-5-2-9(6-12(11)15)7-16-8-13(18)17-10-3-4-10/h2,5-6,10,16H,3-4,7-8H2,1H3,(H,17,18). The van der Waals surface area contributed by atoms with E-state index in [9.17, 15) is 14.0 Å². The largest absolute Gasteiger partial charge is 0.465 e. The molecule has 6 heteroatoms. The molecule has 1 fully saturated rings. The smallest absolute Gasteiger partial charge is 0.340 e. The minimum atomic E-state index is -0.703. The third-order valence-corrected chi connectivity index (χ3v) is 3.00. The van der Waals surface area contributed by atoms with E-state index in [0.29, 0.717) is 18.2 Å². The van der Waals surface area contributed by atoms with Crippen molar-refractivity contribution >= 4 is 11.9 Å². The van der Waals surface area contributed by atoms with Gasteiger partial charge >= 0.3 is 5.97 Å². The summed E-state index contributed by atoms with van der Waals surface area (Å²) in [5.41, 5.74) is 0.567. The number of benzene rings is 1. The second kappa shape index (κ2) is 6.47. The number of methoxy groups -OCH3 is 1. The predicted molar refractivity (Wildman–Crippen MR) is 70.6 cm³/mol. The Morgan fingerprint density at radius 2 is 2.15 bits per heavy atom. The summed E-state index contributed by atoms with van der Waals surface area (Å²) in [6.07, 6.45) is 2.10. The Hall–Kier alpha value is -1.95. The number of ether oxygens (including phenoxy) is 1. The van der Waals surface area contributed by atoms with Crippen LogP contribution in [0.25, 0.3) is 0 Å². The first-order chi connectivity index (χ1) is 9.60. The molecule has 20 heavy (non-hydrogen) atoms. The molecule has 1 aliphatic carbocycles. The second-order valence-electron chi connectivity index (χ2n) is 4.75. The van der Waals surface area contributed by atoms with E-state index in [1.165, 1.54) is 19.2 Å². The maximum absolute atomic E-state index is 13.6. The minimum absolute atomic E-state index is 0.0563. The van der Waals surface area contributed by atoms with Crippen molar-refractivity contribution in [1.29, 1.82) is 0 Å². The Kier molecular flexibility index (Phi) is 4.68. The lowest BCUT2D eigenvalue weighted by atomic mass is 10.1. The zero-order chi connectivity index (χ0) is 14.5. The second-order valence-corrected chi connectivity index (χ2v) is 4.75. The van der Waals surface area contributed by atoms with E-state index in [0.717, 1.165) is 12.8 Å². The van der Waals surface area contributed by atoms with E-state index in [1.54, 1.807) is 6.07 Å². The lowest BCUT2D eigenvalue weighted by molar-refractivity contribution is -0.120. The van der Waals surface area contributed by atoms with Crippen LogP contribution in [0.4, 0.5) is 4.39 Å². The molecule has 1 saturated carbocycles. The van der Waals surface area contributed by atoms with Crippen LogP contribution in [0.5, 0.6) is 0 Å². The molecule has 0 unspecified atom stereocenters. The first kappa shape index (κ1) is 14.5. The number of hydrogen-bond acceptors (Lipinski definition) is 4. The Morgan fingerprint density at radius 3 is 2.75 bits per heavy atom. The van der Waals surface area contributed by atoms with E-state index in [2.05, 4.69) is 15.4 Å². The van der Waals surface area contributed by atoms with Crippen LogP contribution in [0.1, 0.15) is 28.8 Å². The highest BCUT2D eigenvalue weighted by atomic mass is 19.1. The summed E-state index contributed by atoms with van der Waals surface area (Å²) in [6, 6.07) is 4.60. The number of halogens is 1. The molecular formula is C14H17FN2O3. The molecule has 1 amide bonds. The summed E-state index contributed by atoms with van der Waals surface area (Å²) in [4.78, 5) is 22.7. The van der Waals surface area contributed by atoms with Gasteiger partial charge in [0.1, 0.15) is 5.82 Å². The van der Waals surface area contributed by atoms with Crippen LogP contribution in [0.15, 0.2) is 18.2 Å². The molecular weight excluding hydrogens is 263 g/mol. The Morgan fingerprint density at radius 1 is 1.40 bits per heavy atom. The van der Waals surface area contributed by atoms with E-state index in [1.807, 2.05) is 0 Å². The van der Waals surface area contributed by atoms with Gasteiger partial charge in [0.25, 0.3) is 0 Å². The third-order valence-electron chi connectivity index (χ3n) is 3.00. The summed E-state index contributed by atoms with van der Waals surface area (Å²) in [6.45, 7) is 0.549. The molecule has 2 rings (SSSR count). The highest BCUT2D eigenvalue weighted by molar-refractivity contribution is 5.89. The normalized spacial score (nSPS) is 13.9. The lowest BCUT2D eigenvalue weighted by Gasteiger charge is -2.07. The van der Waals surface area contributed by atoms with Crippen molar-refractivity contribution in [2.24, 2.45) is 0 Å². The molecule has 0 heterocycles. The monoisotopic (exact) mass is 280 g/mol. The number of amides is 1. The van der Waals surface area contributed by atoms with Crippen LogP contribution in [0.2, 0.25) is 0 Å². The molecule has 0 aromatic heterocycles. The molecule has 2 N–H and O–H groups in total. The summed E-state index contributed by atoms with van der Waals surface area (Å²) in [7, 11) is 1.20. The van der Waals surface area contributed by atoms with Crippen molar-refractivity contribution in [3.05, 3.63) is 35.1 Å². The maximum atomic E-state index is 13.6. The van der Waals surface area contributed by atoms with Crippen molar-refractivity contribution in [2.45, 2.75) is 25.4 Å². The molecule has 1 aliphatic rings. The van der Waals surface area contributed by atoms with Gasteiger partial charge in [0.05, 0.1) is 19.2 Å². The average molecular weight is 280 g/mol. The summed E-state index contributed by atoms with van der Waals surface area (Å²) in [5, 5.41) is 5.78. The van der Waals surface area contributed by atoms with E-state index in [-0.39, 0.29) is 18.0 Å². The van der Waals surface area contributed by atoms with Crippen molar-refractivity contribution in [1.82, 2.24) is 10.6 Å². The van der Waals surface area contributed by atoms with Crippen LogP contribution in [0, 0.1) is 5.82 Å². The Labute approximate surface area is 116 Å². The zero-order valence-electron chi connectivity index (χ0n) is 11.2. The summed E-state index contributed by atoms with van der Waals surface area (Å²) < 4.78 is 18.1. The van der Waals surface area contributed by atoms with Gasteiger partial charge in [0.15, 0.2) is 0 Å². The number of nitrogens with one attached hydrogen (secondary N) is 2. The number of hydrogen-bond donors (Lipinski definition) is 2. The van der Waals surface area contributed by atoms with Gasteiger partial charge < -0.3 is 15.4 Å². The fraction of sp³-hybridized carbons (Fsp3) is 0.429. The van der Waals surface area contributed by atoms with Crippen molar-refractivity contribution < 1.29 is 18.7 Å². The quantitative estimate of drug-likeness (QED) is 0.762. The van der Waals surface area contributed by atoms with Crippen LogP contribution >= 0.6 is 0 Å². The zero-order valence-corrected chi connectivity index (χ0v) is 11.2. The van der Waals surface area contributed by atoms with Crippen LogP contribution in [-0.4, -0.2) is 31.6 Å². The molecule has 0 spiro atoms. The summed E-state index contributed by atoms with van der Waals surface area (Å²) >= 11 is 0. The van der Waals surface area contributed by atoms with Gasteiger partial charge in [-0.2, -0.15) is 0 Å². The first-order valence-electron chi connectivity index (χ1n) is 6.47. The molecule has 0 atom stereocenters. The van der Waals surface area contributed by atoms with Gasteiger partial charge in [0, 0.05) is 12.6 Å². The van der Waals surface area contributed by atoms with Crippen LogP contribution in [-0.2, 0) is 16.1 Å². The van der Waals surface area contributed by atoms with E-state index in [4.69, 9.17) is 0 Å². The number of carbonyl (C=O) groups is 2. The number of rotatable bonds is 6. The molecule has 0 aliphatic heterocycles. The van der Waals surface area contributed by atoms with E-state index >= 15 is 0 Å². The molecule has 5 nitrogen and oxygen atoms in total. The van der Waals surface area contributed by atoms with Crippen LogP contribution in [0.3, 0.4) is 0 Å². The lowest BCUT2D eigenvalue weighted by Crippen LogP contribution is -2.34. The van der Waals surface area contributed by atoms with Crippen molar-refractivity contribution in [3.8, 4) is 0 Å². The highest BCUT2D eigenvalue weighted by Gasteiger charge is 2.22. The molecule has 1 aromatic rings. The van der Waals surface area contributed by atoms with Gasteiger partial charge in [-0.3, -0.25) is 4.79 Å². The third kappa shape index (κ3) is 4.03. The molecule has 0 saturated heterocycles. The topological polar surface area (TPSA) is 67.4 Å². The fourth-order valence-electron chi connectivity index (χ4n) is 1.77. The van der Waals surface area contributed by atoms with Gasteiger partial charge in [-0.15, -0.1) is 0 Å². The molecule has 108 valence electrons. The fourth-order valence-corrected chi connectivity index (χ4v) is 1.77. The van der Waals surface area contributed by atoms with Crippen molar-refractivity contribution in [2.75, 3.05) is 13.7 Å². The van der Waals surface area contributed by atoms with Crippen molar-refractivity contribution in [3.63, 3.8) is 0 Å². The first-order valence-corrected chi connectivity index (χ1v) is 6.47. The van der Waals surface area contributed by atoms with E-state index < -0.39 is 11.8 Å². The molecule has 1 aromatic carbocycles. The molecule has 0 bridgehead atoms. The molecule has 0 radical (unpaired) electrons. The van der Waals surface area contributed by atoms with Crippen LogP contribution < -0.4 is 10.6 Å². The predicted octanol–water partition coefficient (Wildman–Crippen LogP) is 0.980. The number of esters is 1. The highest BCUT2D eigenvalue weighted by Crippen LogP contribution is 2.18. The SMILES string of the molecule is COC(=O)c1ccc(CNCC(=O)NC2CC2)cc1F. The Balaban J connectivity index is 1.82. The average Bonchev–Trinajstić information content (AvgIpc) is 3.22. The Bertz CT molecular complexity index is 515. The van der Waals surface area contributed by atoms with Gasteiger partial charge in [-0.25, -0.2) is 9.18 Å². The van der Waals surface area contributed by atoms with Gasteiger partial charge in [-0.1, -0.05) is 6.07 Å². The van der Waals surface area contributed by atoms with Gasteiger partial charge in [-0.05, 0) is 30.5 Å². The summed E-state index contributed by atoms with van der Waals surface area (Å²) in [5.74, 6) is -1.39. The maximum Gasteiger partial charge on any atom is 0.340 e. The number of carbonyl (C=O) groups excluding carboxylic acids is 2.